The molecule has 0 spiro atoms. The molecule has 0 nitrogen and oxygen atoms in total. The zero-order valence-electron chi connectivity index (χ0n) is 13.0. The minimum atomic E-state index is -1.68. The fourth-order valence-electron chi connectivity index (χ4n) is 5.69. The van der Waals surface area contributed by atoms with Gasteiger partial charge in [0, 0.05) is 0 Å². The molecule has 0 bridgehead atoms. The van der Waals surface area contributed by atoms with Gasteiger partial charge in [0.1, 0.15) is 0 Å². The van der Waals surface area contributed by atoms with Gasteiger partial charge in [-0.1, -0.05) is 0 Å². The summed E-state index contributed by atoms with van der Waals surface area (Å²) in [7, 11) is 0. The van der Waals surface area contributed by atoms with Crippen LogP contribution in [0.2, 0.25) is 17.9 Å². The van der Waals surface area contributed by atoms with Crippen LogP contribution in [0.5, 0.6) is 0 Å². The summed E-state index contributed by atoms with van der Waals surface area (Å²) in [5, 5.41) is 0. The summed E-state index contributed by atoms with van der Waals surface area (Å²) in [6.07, 6.45) is 21.9. The summed E-state index contributed by atoms with van der Waals surface area (Å²) in [5.41, 5.74) is 7.39. The first kappa shape index (κ1) is 13.1. The quantitative estimate of drug-likeness (QED) is 0.514. The van der Waals surface area contributed by atoms with E-state index in [1.165, 1.54) is 51.4 Å². The molecule has 1 fully saturated rings. The van der Waals surface area contributed by atoms with Gasteiger partial charge >= 0.3 is 132 Å². The first-order valence-electron chi connectivity index (χ1n) is 9.19. The van der Waals surface area contributed by atoms with Crippen LogP contribution in [-0.2, 0) is 16.6 Å². The molecule has 0 aromatic heterocycles. The summed E-state index contributed by atoms with van der Waals surface area (Å²) in [5.74, 6) is 0. The van der Waals surface area contributed by atoms with E-state index in [-0.39, 0.29) is 0 Å². The molecule has 4 aliphatic carbocycles. The van der Waals surface area contributed by atoms with Crippen LogP contribution in [-0.4, -0.2) is 0 Å². The van der Waals surface area contributed by atoms with Crippen molar-refractivity contribution in [2.24, 2.45) is 0 Å². The molecule has 1 saturated heterocycles. The van der Waals surface area contributed by atoms with Gasteiger partial charge in [-0.3, -0.25) is 0 Å². The van der Waals surface area contributed by atoms with Crippen LogP contribution in [0.25, 0.3) is 0 Å². The van der Waals surface area contributed by atoms with Gasteiger partial charge in [-0.15, -0.1) is 0 Å². The third-order valence-electron chi connectivity index (χ3n) is 6.91. The summed E-state index contributed by atoms with van der Waals surface area (Å²) >= 11 is -1.68. The van der Waals surface area contributed by atoms with Gasteiger partial charge < -0.3 is 0 Å². The zero-order chi connectivity index (χ0) is 13.9. The van der Waals surface area contributed by atoms with Gasteiger partial charge in [-0.25, -0.2) is 0 Å². The van der Waals surface area contributed by atoms with E-state index in [1.807, 2.05) is 11.1 Å². The van der Waals surface area contributed by atoms with Gasteiger partial charge in [0.2, 0.25) is 0 Å². The Morgan fingerprint density at radius 3 is 1.62 bits per heavy atom. The fraction of sp³-hybridized carbons (Fsp3) is 0.600. The zero-order valence-corrected chi connectivity index (χ0v) is 14.6. The number of hydrogen-bond acceptors (Lipinski definition) is 0. The van der Waals surface area contributed by atoms with E-state index in [4.69, 9.17) is 0 Å². The van der Waals surface area contributed by atoms with Crippen LogP contribution < -0.4 is 0 Å². The van der Waals surface area contributed by atoms with E-state index in [1.54, 1.807) is 20.6 Å². The van der Waals surface area contributed by atoms with Crippen molar-refractivity contribution in [3.05, 3.63) is 46.6 Å². The topological polar surface area (TPSA) is 0 Å². The average Bonchev–Trinajstić information content (AvgIpc) is 3.03. The predicted octanol–water partition coefficient (Wildman–Crippen LogP) is 6.45. The molecule has 1 heterocycles. The Morgan fingerprint density at radius 2 is 1.14 bits per heavy atom. The van der Waals surface area contributed by atoms with Crippen molar-refractivity contribution in [3.63, 3.8) is 0 Å². The monoisotopic (exact) mass is 314 g/mol. The van der Waals surface area contributed by atoms with E-state index in [0.29, 0.717) is 0 Å². The van der Waals surface area contributed by atoms with Crippen LogP contribution in [0, 0.1) is 0 Å². The van der Waals surface area contributed by atoms with Crippen molar-refractivity contribution >= 4 is 0 Å². The first-order valence-corrected chi connectivity index (χ1v) is 13.2. The Kier molecular flexibility index (Phi) is 3.03. The normalized spacial score (nSPS) is 36.2. The molecule has 0 aromatic rings. The van der Waals surface area contributed by atoms with E-state index in [0.717, 1.165) is 8.45 Å². The predicted molar refractivity (Wildman–Crippen MR) is 86.4 cm³/mol. The summed E-state index contributed by atoms with van der Waals surface area (Å²) in [6, 6.07) is 0. The third kappa shape index (κ3) is 1.91. The average molecular weight is 314 g/mol. The van der Waals surface area contributed by atoms with Gasteiger partial charge in [0.15, 0.2) is 0 Å². The molecule has 0 amide bonds. The van der Waals surface area contributed by atoms with Gasteiger partial charge in [-0.05, 0) is 0 Å². The second kappa shape index (κ2) is 4.83. The van der Waals surface area contributed by atoms with E-state index in [2.05, 4.69) is 24.3 Å². The van der Waals surface area contributed by atoms with Crippen LogP contribution >= 0.6 is 0 Å². The molecule has 0 saturated carbocycles. The molecule has 5 aliphatic rings. The Morgan fingerprint density at radius 1 is 0.667 bits per heavy atom. The third-order valence-corrected chi connectivity index (χ3v) is 15.0. The molecule has 1 heteroatoms. The van der Waals surface area contributed by atoms with Crippen LogP contribution in [0.15, 0.2) is 46.6 Å². The standard InChI is InChI=1S/2C9H11.C2H4.Ti/c2*1-2-5-9-7-3-6-8(9)4-1;1-2;/h2*3,6-7H,1-2,4-5H2;1-2H2;. The number of rotatable bonds is 2. The van der Waals surface area contributed by atoms with Gasteiger partial charge in [0.05, 0.1) is 0 Å². The molecular weight excluding hydrogens is 288 g/mol. The first-order chi connectivity index (χ1) is 10.4. The van der Waals surface area contributed by atoms with Crippen molar-refractivity contribution in [2.75, 3.05) is 0 Å². The summed E-state index contributed by atoms with van der Waals surface area (Å²) < 4.78 is 5.25. The molecule has 0 aromatic carbocycles. The molecule has 21 heavy (non-hydrogen) atoms. The Balaban J connectivity index is 1.50. The SMILES string of the molecule is C1=C[CH]([Ti]2([CH]3C=CC4=C3CCCC4)[CH2][CH2]2)C2=C1CCCC2. The number of allylic oxidation sites excluding steroid dienone is 8. The molecule has 0 radical (unpaired) electrons. The summed E-state index contributed by atoms with van der Waals surface area (Å²) in [6.45, 7) is 0. The second-order valence-corrected chi connectivity index (χ2v) is 15.3. The molecule has 2 atom stereocenters. The van der Waals surface area contributed by atoms with Crippen molar-refractivity contribution in [2.45, 2.75) is 69.3 Å². The van der Waals surface area contributed by atoms with Crippen molar-refractivity contribution in [1.29, 1.82) is 0 Å². The molecular formula is C20H26Ti. The fourth-order valence-corrected chi connectivity index (χ4v) is 15.2. The van der Waals surface area contributed by atoms with E-state index >= 15 is 0 Å². The number of hydrogen-bond donors (Lipinski definition) is 0. The Bertz CT molecular complexity index is 547. The van der Waals surface area contributed by atoms with Crippen molar-refractivity contribution < 1.29 is 16.6 Å². The molecule has 0 N–H and O–H groups in total. The van der Waals surface area contributed by atoms with Crippen molar-refractivity contribution in [1.82, 2.24) is 0 Å². The van der Waals surface area contributed by atoms with Crippen LogP contribution in [0.1, 0.15) is 51.4 Å². The van der Waals surface area contributed by atoms with Gasteiger partial charge in [-0.2, -0.15) is 0 Å². The molecule has 110 valence electrons. The van der Waals surface area contributed by atoms with Gasteiger partial charge in [0.25, 0.3) is 0 Å². The van der Waals surface area contributed by atoms with Crippen molar-refractivity contribution in [3.8, 4) is 0 Å². The molecule has 1 aliphatic heterocycles. The van der Waals surface area contributed by atoms with Crippen LogP contribution in [0.4, 0.5) is 0 Å². The maximum absolute atomic E-state index is 2.68. The Hall–Kier alpha value is -0.326. The molecule has 2 unspecified atom stereocenters. The van der Waals surface area contributed by atoms with Crippen LogP contribution in [0.3, 0.4) is 0 Å². The minimum absolute atomic E-state index is 0.976. The van der Waals surface area contributed by atoms with E-state index < -0.39 is 16.6 Å². The molecule has 5 rings (SSSR count). The van der Waals surface area contributed by atoms with E-state index in [9.17, 15) is 0 Å². The second-order valence-electron chi connectivity index (χ2n) is 7.92. The Labute approximate surface area is 132 Å². The maximum atomic E-state index is 2.68. The summed E-state index contributed by atoms with van der Waals surface area (Å²) in [4.78, 5) is 0.